The molecule has 0 spiro atoms. The van der Waals surface area contributed by atoms with Gasteiger partial charge in [0, 0.05) is 12.1 Å². The number of carbonyl (C=O) groups excluding carboxylic acids is 1. The summed E-state index contributed by atoms with van der Waals surface area (Å²) in [6.45, 7) is 3.25. The van der Waals surface area contributed by atoms with Gasteiger partial charge in [-0.05, 0) is 48.7 Å². The Balaban J connectivity index is 1.94. The minimum absolute atomic E-state index is 0.0199. The number of nitro groups is 1. The van der Waals surface area contributed by atoms with Gasteiger partial charge in [0.1, 0.15) is 12.3 Å². The number of sulfonamides is 1. The lowest BCUT2D eigenvalue weighted by molar-refractivity contribution is -0.384. The van der Waals surface area contributed by atoms with Crippen LogP contribution in [0.1, 0.15) is 30.5 Å². The van der Waals surface area contributed by atoms with Crippen molar-refractivity contribution in [2.45, 2.75) is 31.2 Å². The second-order valence-electron chi connectivity index (χ2n) is 7.86. The summed E-state index contributed by atoms with van der Waals surface area (Å²) in [5.41, 5.74) is 1.50. The second-order valence-corrected chi connectivity index (χ2v) is 9.72. The van der Waals surface area contributed by atoms with E-state index in [1.807, 2.05) is 32.0 Å². The standard InChI is InChI=1S/C25H27N3O6S/c1-4-23(19-13-14-24(34-3)18(2)15-19)26-25(29)17-27(20-9-8-10-21(16-20)28(30)31)35(32,33)22-11-6-5-7-12-22/h5-16,23H,4,17H2,1-3H3,(H,26,29)/t23-/m1/s1. The van der Waals surface area contributed by atoms with E-state index in [9.17, 15) is 23.3 Å². The van der Waals surface area contributed by atoms with Crippen molar-refractivity contribution >= 4 is 27.3 Å². The van der Waals surface area contributed by atoms with Gasteiger partial charge in [-0.2, -0.15) is 0 Å². The third kappa shape index (κ3) is 5.96. The fraction of sp³-hybridized carbons (Fsp3) is 0.240. The van der Waals surface area contributed by atoms with Crippen LogP contribution in [-0.2, 0) is 14.8 Å². The van der Waals surface area contributed by atoms with Crippen LogP contribution in [0.4, 0.5) is 11.4 Å². The molecule has 0 aliphatic carbocycles. The molecule has 0 saturated carbocycles. The van der Waals surface area contributed by atoms with Crippen LogP contribution in [0.25, 0.3) is 0 Å². The van der Waals surface area contributed by atoms with Crippen LogP contribution in [0.15, 0.2) is 77.7 Å². The summed E-state index contributed by atoms with van der Waals surface area (Å²) in [4.78, 5) is 23.7. The van der Waals surface area contributed by atoms with E-state index in [4.69, 9.17) is 4.74 Å². The topological polar surface area (TPSA) is 119 Å². The molecule has 1 amide bonds. The van der Waals surface area contributed by atoms with Gasteiger partial charge in [-0.1, -0.05) is 43.3 Å². The molecule has 0 saturated heterocycles. The van der Waals surface area contributed by atoms with E-state index in [1.54, 1.807) is 25.3 Å². The van der Waals surface area contributed by atoms with Crippen molar-refractivity contribution in [2.24, 2.45) is 0 Å². The van der Waals surface area contributed by atoms with Gasteiger partial charge in [-0.3, -0.25) is 19.2 Å². The van der Waals surface area contributed by atoms with Crippen LogP contribution in [0, 0.1) is 17.0 Å². The highest BCUT2D eigenvalue weighted by atomic mass is 32.2. The molecule has 10 heteroatoms. The molecular formula is C25H27N3O6S. The fourth-order valence-electron chi connectivity index (χ4n) is 3.71. The number of rotatable bonds is 10. The average molecular weight is 498 g/mol. The van der Waals surface area contributed by atoms with Gasteiger partial charge >= 0.3 is 0 Å². The Morgan fingerprint density at radius 2 is 1.80 bits per heavy atom. The molecule has 3 aromatic rings. The molecule has 3 aromatic carbocycles. The molecule has 35 heavy (non-hydrogen) atoms. The van der Waals surface area contributed by atoms with Crippen LogP contribution < -0.4 is 14.4 Å². The van der Waals surface area contributed by atoms with Crippen molar-refractivity contribution in [1.29, 1.82) is 0 Å². The third-order valence-electron chi connectivity index (χ3n) is 5.51. The van der Waals surface area contributed by atoms with Crippen molar-refractivity contribution in [3.05, 3.63) is 94.0 Å². The number of ether oxygens (including phenoxy) is 1. The van der Waals surface area contributed by atoms with Crippen molar-refractivity contribution in [3.63, 3.8) is 0 Å². The largest absolute Gasteiger partial charge is 0.496 e. The first kappa shape index (κ1) is 25.7. The van der Waals surface area contributed by atoms with Crippen molar-refractivity contribution in [3.8, 4) is 5.75 Å². The van der Waals surface area contributed by atoms with Crippen LogP contribution in [0.3, 0.4) is 0 Å². The number of methoxy groups -OCH3 is 1. The van der Waals surface area contributed by atoms with Gasteiger partial charge in [0.05, 0.1) is 28.7 Å². The van der Waals surface area contributed by atoms with E-state index in [-0.39, 0.29) is 22.3 Å². The van der Waals surface area contributed by atoms with Gasteiger partial charge in [0.15, 0.2) is 0 Å². The second kappa shape index (κ2) is 11.0. The minimum Gasteiger partial charge on any atom is -0.496 e. The predicted molar refractivity (Wildman–Crippen MR) is 133 cm³/mol. The molecule has 0 fully saturated rings. The van der Waals surface area contributed by atoms with E-state index < -0.39 is 27.4 Å². The summed E-state index contributed by atoms with van der Waals surface area (Å²) in [6, 6.07) is 18.0. The number of benzene rings is 3. The van der Waals surface area contributed by atoms with E-state index in [0.717, 1.165) is 27.2 Å². The highest BCUT2D eigenvalue weighted by molar-refractivity contribution is 7.92. The maximum atomic E-state index is 13.5. The highest BCUT2D eigenvalue weighted by Gasteiger charge is 2.29. The number of non-ortho nitro benzene ring substituents is 1. The summed E-state index contributed by atoms with van der Waals surface area (Å²) in [6.07, 6.45) is 0.569. The molecule has 3 rings (SSSR count). The van der Waals surface area contributed by atoms with Gasteiger partial charge in [0.25, 0.3) is 15.7 Å². The molecule has 0 bridgehead atoms. The summed E-state index contributed by atoms with van der Waals surface area (Å²) in [5.74, 6) is 0.178. The van der Waals surface area contributed by atoms with E-state index in [1.165, 1.54) is 30.3 Å². The van der Waals surface area contributed by atoms with Crippen LogP contribution in [0.5, 0.6) is 5.75 Å². The van der Waals surface area contributed by atoms with Crippen LogP contribution in [0.2, 0.25) is 0 Å². The molecule has 0 aromatic heterocycles. The molecule has 0 radical (unpaired) electrons. The first-order valence-electron chi connectivity index (χ1n) is 10.9. The zero-order chi connectivity index (χ0) is 25.6. The fourth-order valence-corrected chi connectivity index (χ4v) is 5.14. The molecule has 1 N–H and O–H groups in total. The number of hydrogen-bond acceptors (Lipinski definition) is 6. The number of anilines is 1. The Labute approximate surface area is 204 Å². The molecule has 0 heterocycles. The Kier molecular flexibility index (Phi) is 8.08. The quantitative estimate of drug-likeness (QED) is 0.328. The zero-order valence-corrected chi connectivity index (χ0v) is 20.5. The van der Waals surface area contributed by atoms with Gasteiger partial charge in [0.2, 0.25) is 5.91 Å². The molecule has 0 unspecified atom stereocenters. The summed E-state index contributed by atoms with van der Waals surface area (Å²) in [7, 11) is -2.60. The van der Waals surface area contributed by atoms with Crippen LogP contribution in [-0.4, -0.2) is 32.9 Å². The third-order valence-corrected chi connectivity index (χ3v) is 7.30. The normalized spacial score (nSPS) is 12.0. The molecule has 9 nitrogen and oxygen atoms in total. The first-order valence-corrected chi connectivity index (χ1v) is 12.4. The van der Waals surface area contributed by atoms with Crippen LogP contribution >= 0.6 is 0 Å². The maximum Gasteiger partial charge on any atom is 0.271 e. The van der Waals surface area contributed by atoms with Gasteiger partial charge in [-0.25, -0.2) is 8.42 Å². The maximum absolute atomic E-state index is 13.5. The first-order chi connectivity index (χ1) is 16.7. The molecule has 1 atom stereocenters. The number of nitrogens with zero attached hydrogens (tertiary/aromatic N) is 2. The van der Waals surface area contributed by atoms with Gasteiger partial charge < -0.3 is 10.1 Å². The van der Waals surface area contributed by atoms with E-state index >= 15 is 0 Å². The highest BCUT2D eigenvalue weighted by Crippen LogP contribution is 2.28. The number of aryl methyl sites for hydroxylation is 1. The summed E-state index contributed by atoms with van der Waals surface area (Å²) in [5, 5.41) is 14.2. The van der Waals surface area contributed by atoms with E-state index in [2.05, 4.69) is 5.32 Å². The number of hydrogen-bond donors (Lipinski definition) is 1. The van der Waals surface area contributed by atoms with Crippen molar-refractivity contribution in [2.75, 3.05) is 18.0 Å². The molecule has 184 valence electrons. The van der Waals surface area contributed by atoms with Crippen molar-refractivity contribution in [1.82, 2.24) is 5.32 Å². The van der Waals surface area contributed by atoms with Crippen molar-refractivity contribution < 1.29 is 22.9 Å². The molecule has 0 aliphatic rings. The Morgan fingerprint density at radius 1 is 1.09 bits per heavy atom. The molecule has 0 aliphatic heterocycles. The number of nitro benzene ring substituents is 1. The molecular weight excluding hydrogens is 470 g/mol. The summed E-state index contributed by atoms with van der Waals surface area (Å²) >= 11 is 0. The zero-order valence-electron chi connectivity index (χ0n) is 19.7. The van der Waals surface area contributed by atoms with Gasteiger partial charge in [-0.15, -0.1) is 0 Å². The summed E-state index contributed by atoms with van der Waals surface area (Å²) < 4.78 is 33.1. The Morgan fingerprint density at radius 3 is 2.40 bits per heavy atom. The predicted octanol–water partition coefficient (Wildman–Crippen LogP) is 4.37. The monoisotopic (exact) mass is 497 g/mol. The lowest BCUT2D eigenvalue weighted by Crippen LogP contribution is -2.42. The smallest absolute Gasteiger partial charge is 0.271 e. The minimum atomic E-state index is -4.18. The lowest BCUT2D eigenvalue weighted by Gasteiger charge is -2.25. The average Bonchev–Trinajstić information content (AvgIpc) is 2.86. The number of nitrogens with one attached hydrogen (secondary N) is 1. The SMILES string of the molecule is CC[C@@H](NC(=O)CN(c1cccc([N+](=O)[O-])c1)S(=O)(=O)c1ccccc1)c1ccc(OC)c(C)c1. The number of carbonyl (C=O) groups is 1. The Hall–Kier alpha value is -3.92. The Bertz CT molecular complexity index is 1310. The lowest BCUT2D eigenvalue weighted by atomic mass is 10.0. The number of amides is 1. The van der Waals surface area contributed by atoms with E-state index in [0.29, 0.717) is 6.42 Å².